The van der Waals surface area contributed by atoms with Crippen molar-refractivity contribution < 1.29 is 4.74 Å². The fourth-order valence-electron chi connectivity index (χ4n) is 3.77. The van der Waals surface area contributed by atoms with E-state index in [-0.39, 0.29) is 11.7 Å². The number of hydrogen-bond acceptors (Lipinski definition) is 2. The molecule has 1 aliphatic heterocycles. The summed E-state index contributed by atoms with van der Waals surface area (Å²) in [6.07, 6.45) is 5.06. The number of benzene rings is 1. The summed E-state index contributed by atoms with van der Waals surface area (Å²) in [6, 6.07) is 8.86. The molecule has 3 atom stereocenters. The highest BCUT2D eigenvalue weighted by atomic mass is 16.5. The molecule has 1 aromatic carbocycles. The summed E-state index contributed by atoms with van der Waals surface area (Å²) in [5, 5.41) is 0. The molecule has 2 nitrogen and oxygen atoms in total. The normalized spacial score (nSPS) is 30.7. The number of nitrogens with zero attached hydrogens (tertiary/aromatic N) is 1. The van der Waals surface area contributed by atoms with E-state index < -0.39 is 0 Å². The molecule has 2 bridgehead atoms. The first kappa shape index (κ1) is 14.6. The molecule has 0 amide bonds. The molecule has 2 aliphatic rings. The van der Waals surface area contributed by atoms with Crippen molar-refractivity contribution in [3.05, 3.63) is 41.5 Å². The van der Waals surface area contributed by atoms with Crippen LogP contribution in [-0.4, -0.2) is 19.7 Å². The molecular weight excluding hydrogens is 258 g/mol. The number of anilines is 1. The minimum atomic E-state index is -0.0292. The molecule has 0 saturated carbocycles. The molecule has 1 heterocycles. The van der Waals surface area contributed by atoms with E-state index in [0.717, 1.165) is 0 Å². The van der Waals surface area contributed by atoms with Gasteiger partial charge in [0, 0.05) is 25.7 Å². The lowest BCUT2D eigenvalue weighted by Gasteiger charge is -2.49. The Hall–Kier alpha value is -1.28. The quantitative estimate of drug-likeness (QED) is 0.738. The van der Waals surface area contributed by atoms with Crippen molar-refractivity contribution >= 4 is 5.69 Å². The van der Waals surface area contributed by atoms with Crippen LogP contribution in [0.5, 0.6) is 0 Å². The summed E-state index contributed by atoms with van der Waals surface area (Å²) in [5.41, 5.74) is 4.02. The van der Waals surface area contributed by atoms with Gasteiger partial charge >= 0.3 is 0 Å². The first-order chi connectivity index (χ1) is 9.88. The predicted molar refractivity (Wildman–Crippen MR) is 88.6 cm³/mol. The highest BCUT2D eigenvalue weighted by molar-refractivity contribution is 5.46. The Kier molecular flexibility index (Phi) is 3.61. The van der Waals surface area contributed by atoms with Crippen LogP contribution in [0.25, 0.3) is 0 Å². The molecule has 21 heavy (non-hydrogen) atoms. The Morgan fingerprint density at radius 1 is 1.14 bits per heavy atom. The van der Waals surface area contributed by atoms with Crippen LogP contribution >= 0.6 is 0 Å². The molecule has 3 rings (SSSR count). The van der Waals surface area contributed by atoms with Crippen molar-refractivity contribution in [3.8, 4) is 0 Å². The van der Waals surface area contributed by atoms with E-state index in [1.807, 2.05) is 0 Å². The Labute approximate surface area is 128 Å². The van der Waals surface area contributed by atoms with Crippen molar-refractivity contribution in [1.82, 2.24) is 0 Å². The molecule has 0 radical (unpaired) electrons. The maximum absolute atomic E-state index is 6.54. The van der Waals surface area contributed by atoms with Gasteiger partial charge in [0.15, 0.2) is 0 Å². The van der Waals surface area contributed by atoms with Crippen LogP contribution in [0, 0.1) is 11.8 Å². The summed E-state index contributed by atoms with van der Waals surface area (Å²) < 4.78 is 6.54. The van der Waals surface area contributed by atoms with E-state index in [0.29, 0.717) is 11.8 Å². The van der Waals surface area contributed by atoms with Crippen molar-refractivity contribution in [3.63, 3.8) is 0 Å². The van der Waals surface area contributed by atoms with Crippen LogP contribution in [0.4, 0.5) is 5.69 Å². The predicted octanol–water partition coefficient (Wildman–Crippen LogP) is 4.58. The summed E-state index contributed by atoms with van der Waals surface area (Å²) in [6.45, 7) is 6.77. The molecule has 1 aromatic rings. The molecule has 0 N–H and O–H groups in total. The fourth-order valence-corrected chi connectivity index (χ4v) is 3.77. The molecule has 1 aliphatic carbocycles. The molecular formula is C19H27NO. The second kappa shape index (κ2) is 5.17. The van der Waals surface area contributed by atoms with E-state index in [2.05, 4.69) is 70.1 Å². The molecule has 0 spiro atoms. The van der Waals surface area contributed by atoms with Gasteiger partial charge in [-0.2, -0.15) is 0 Å². The van der Waals surface area contributed by atoms with Crippen LogP contribution in [0.3, 0.4) is 0 Å². The van der Waals surface area contributed by atoms with E-state index in [9.17, 15) is 0 Å². The van der Waals surface area contributed by atoms with E-state index in [4.69, 9.17) is 4.74 Å². The molecule has 1 fully saturated rings. The van der Waals surface area contributed by atoms with Gasteiger partial charge in [-0.05, 0) is 57.2 Å². The second-order valence-electron chi connectivity index (χ2n) is 7.35. The van der Waals surface area contributed by atoms with Crippen molar-refractivity contribution in [2.75, 3.05) is 19.0 Å². The minimum absolute atomic E-state index is 0.0292. The molecule has 2 heteroatoms. The van der Waals surface area contributed by atoms with E-state index in [1.54, 1.807) is 0 Å². The van der Waals surface area contributed by atoms with Crippen LogP contribution in [0.15, 0.2) is 35.9 Å². The highest BCUT2D eigenvalue weighted by Gasteiger charge is 2.45. The first-order valence-electron chi connectivity index (χ1n) is 8.00. The van der Waals surface area contributed by atoms with Gasteiger partial charge < -0.3 is 9.64 Å². The summed E-state index contributed by atoms with van der Waals surface area (Å²) in [5.74, 6) is 1.20. The maximum atomic E-state index is 6.54. The number of allylic oxidation sites excluding steroid dienone is 1. The van der Waals surface area contributed by atoms with Gasteiger partial charge in [0.2, 0.25) is 0 Å². The Balaban J connectivity index is 1.92. The van der Waals surface area contributed by atoms with Gasteiger partial charge in [0.1, 0.15) is 0 Å². The maximum Gasteiger partial charge on any atom is 0.0897 e. The van der Waals surface area contributed by atoms with Gasteiger partial charge in [-0.25, -0.2) is 0 Å². The highest BCUT2D eigenvalue weighted by Crippen LogP contribution is 2.50. The van der Waals surface area contributed by atoms with Crippen LogP contribution in [-0.2, 0) is 4.74 Å². The van der Waals surface area contributed by atoms with Gasteiger partial charge in [0.25, 0.3) is 0 Å². The SMILES string of the molecule is CC1=CCC2CC1C(c1ccc(N(C)C)cc1)OC2(C)C. The standard InChI is InChI=1S/C19H27NO/c1-13-6-9-15-12-17(13)18(21-19(15,2)3)14-7-10-16(11-8-14)20(4)5/h6-8,10-11,15,17-18H,9,12H2,1-5H3. The number of ether oxygens (including phenoxy) is 1. The van der Waals surface area contributed by atoms with Gasteiger partial charge in [-0.3, -0.25) is 0 Å². The smallest absolute Gasteiger partial charge is 0.0897 e. The van der Waals surface area contributed by atoms with Gasteiger partial charge in [-0.15, -0.1) is 0 Å². The Bertz CT molecular complexity index is 541. The molecule has 3 unspecified atom stereocenters. The third-order valence-corrected chi connectivity index (χ3v) is 5.37. The fraction of sp³-hybridized carbons (Fsp3) is 0.579. The lowest BCUT2D eigenvalue weighted by atomic mass is 9.69. The average molecular weight is 285 g/mol. The Morgan fingerprint density at radius 2 is 1.81 bits per heavy atom. The van der Waals surface area contributed by atoms with Crippen molar-refractivity contribution in [1.29, 1.82) is 0 Å². The van der Waals surface area contributed by atoms with Crippen molar-refractivity contribution in [2.24, 2.45) is 11.8 Å². The van der Waals surface area contributed by atoms with Gasteiger partial charge in [0.05, 0.1) is 11.7 Å². The first-order valence-corrected chi connectivity index (χ1v) is 8.00. The molecule has 1 saturated heterocycles. The summed E-state index contributed by atoms with van der Waals surface area (Å²) in [7, 11) is 4.15. The monoisotopic (exact) mass is 285 g/mol. The number of rotatable bonds is 2. The topological polar surface area (TPSA) is 12.5 Å². The molecule has 114 valence electrons. The lowest BCUT2D eigenvalue weighted by molar-refractivity contribution is -0.166. The van der Waals surface area contributed by atoms with Crippen molar-refractivity contribution in [2.45, 2.75) is 45.3 Å². The average Bonchev–Trinajstić information content (AvgIpc) is 2.45. The zero-order valence-corrected chi connectivity index (χ0v) is 13.9. The zero-order chi connectivity index (χ0) is 15.2. The van der Waals surface area contributed by atoms with Crippen LogP contribution in [0.2, 0.25) is 0 Å². The van der Waals surface area contributed by atoms with Gasteiger partial charge in [-0.1, -0.05) is 23.8 Å². The second-order valence-corrected chi connectivity index (χ2v) is 7.35. The molecule has 0 aromatic heterocycles. The summed E-state index contributed by atoms with van der Waals surface area (Å²) >= 11 is 0. The number of hydrogen-bond donors (Lipinski definition) is 0. The summed E-state index contributed by atoms with van der Waals surface area (Å²) in [4.78, 5) is 2.14. The largest absolute Gasteiger partial charge is 0.378 e. The lowest BCUT2D eigenvalue weighted by Crippen LogP contribution is -2.45. The third-order valence-electron chi connectivity index (χ3n) is 5.37. The van der Waals surface area contributed by atoms with Crippen LogP contribution < -0.4 is 4.90 Å². The minimum Gasteiger partial charge on any atom is -0.378 e. The van der Waals surface area contributed by atoms with E-state index >= 15 is 0 Å². The van der Waals surface area contributed by atoms with Crippen LogP contribution in [0.1, 0.15) is 45.3 Å². The Morgan fingerprint density at radius 3 is 2.43 bits per heavy atom. The third kappa shape index (κ3) is 2.62. The van der Waals surface area contributed by atoms with E-state index in [1.165, 1.54) is 29.7 Å². The number of fused-ring (bicyclic) bond motifs is 2. The zero-order valence-electron chi connectivity index (χ0n) is 13.9.